The van der Waals surface area contributed by atoms with E-state index in [2.05, 4.69) is 6.08 Å². The molecular weight excluding hydrogens is 523 g/mol. The Morgan fingerprint density at radius 1 is 1.11 bits per heavy atom. The second-order valence-electron chi connectivity index (χ2n) is 8.96. The highest BCUT2D eigenvalue weighted by Crippen LogP contribution is 2.53. The first-order chi connectivity index (χ1) is 17.6. The van der Waals surface area contributed by atoms with Gasteiger partial charge in [0.2, 0.25) is 0 Å². The number of hydrogen-bond acceptors (Lipinski definition) is 7. The van der Waals surface area contributed by atoms with E-state index in [9.17, 15) is 19.5 Å². The van der Waals surface area contributed by atoms with Crippen molar-refractivity contribution in [2.45, 2.75) is 78.7 Å². The lowest BCUT2D eigenvalue weighted by molar-refractivity contribution is -0.402. The highest BCUT2D eigenvalue weighted by molar-refractivity contribution is 7.51. The molecule has 0 fully saturated rings. The molecule has 0 aromatic carbocycles. The molecule has 0 bridgehead atoms. The Labute approximate surface area is 224 Å². The Morgan fingerprint density at radius 3 is 2.41 bits per heavy atom. The first kappa shape index (κ1) is 33.1. The first-order valence-corrected chi connectivity index (χ1v) is 14.5. The van der Waals surface area contributed by atoms with Crippen LogP contribution in [0, 0.1) is 10.1 Å². The summed E-state index contributed by atoms with van der Waals surface area (Å²) in [4.78, 5) is 21.2. The summed E-state index contributed by atoms with van der Waals surface area (Å²) in [5.41, 5.74) is 2.33. The van der Waals surface area contributed by atoms with Gasteiger partial charge in [-0.05, 0) is 65.4 Å². The minimum absolute atomic E-state index is 0.00970. The number of hydrogen-bond donors (Lipinski definition) is 1. The van der Waals surface area contributed by atoms with E-state index >= 15 is 0 Å². The van der Waals surface area contributed by atoms with Crippen LogP contribution in [0.1, 0.15) is 77.9 Å². The maximum Gasteiger partial charge on any atom is 0.433 e. The van der Waals surface area contributed by atoms with Crippen LogP contribution in [-0.2, 0) is 25.0 Å². The van der Waals surface area contributed by atoms with Gasteiger partial charge in [0.25, 0.3) is 0 Å². The molecule has 210 valence electrons. The molecule has 0 saturated heterocycles. The summed E-state index contributed by atoms with van der Waals surface area (Å²) in [7, 11) is -3.85. The number of allylic oxidation sites excluding steroid dienone is 3. The van der Waals surface area contributed by atoms with Crippen molar-refractivity contribution in [2.24, 2.45) is 0 Å². The van der Waals surface area contributed by atoms with E-state index in [1.165, 1.54) is 17.7 Å². The Bertz CT molecular complexity index is 943. The van der Waals surface area contributed by atoms with Gasteiger partial charge in [-0.1, -0.05) is 29.7 Å². The van der Waals surface area contributed by atoms with Crippen LogP contribution in [0.4, 0.5) is 5.88 Å². The number of carboxylic acids is 1. The fourth-order valence-electron chi connectivity index (χ4n) is 3.35. The number of alkyl halides is 1. The summed E-state index contributed by atoms with van der Waals surface area (Å²) in [6, 6.07) is 2.60. The lowest BCUT2D eigenvalue weighted by atomic mass is 10.1. The molecule has 37 heavy (non-hydrogen) atoms. The van der Waals surface area contributed by atoms with Crippen molar-refractivity contribution in [1.82, 2.24) is 4.67 Å². The van der Waals surface area contributed by atoms with E-state index in [-0.39, 0.29) is 25.4 Å². The number of furan rings is 1. The van der Waals surface area contributed by atoms with Gasteiger partial charge in [-0.2, -0.15) is 0 Å². The smallest absolute Gasteiger partial charge is 0.433 e. The maximum absolute atomic E-state index is 14.0. The predicted molar refractivity (Wildman–Crippen MR) is 144 cm³/mol. The summed E-state index contributed by atoms with van der Waals surface area (Å²) >= 11 is 5.79. The number of halogens is 1. The number of aliphatic carboxylic acids is 1. The third-order valence-corrected chi connectivity index (χ3v) is 7.70. The predicted octanol–water partition coefficient (Wildman–Crippen LogP) is 7.49. The molecule has 0 spiro atoms. The van der Waals surface area contributed by atoms with Gasteiger partial charge in [-0.3, -0.25) is 24.0 Å². The van der Waals surface area contributed by atoms with Crippen LogP contribution in [0.2, 0.25) is 0 Å². The Balaban J connectivity index is 3.01. The molecule has 0 aliphatic carbocycles. The molecule has 0 radical (unpaired) electrons. The molecule has 1 N–H and O–H groups in total. The number of unbranched alkanes of at least 4 members (excludes halogenated alkanes) is 3. The molecule has 0 aliphatic heterocycles. The van der Waals surface area contributed by atoms with Crippen molar-refractivity contribution in [3.63, 3.8) is 0 Å². The monoisotopic (exact) mass is 562 g/mol. The molecule has 0 amide bonds. The van der Waals surface area contributed by atoms with E-state index in [0.29, 0.717) is 38.2 Å². The topological polar surface area (TPSA) is 132 Å². The summed E-state index contributed by atoms with van der Waals surface area (Å²) < 4.78 is 32.4. The average molecular weight is 563 g/mol. The van der Waals surface area contributed by atoms with Gasteiger partial charge >= 0.3 is 19.6 Å². The molecule has 10 nitrogen and oxygen atoms in total. The van der Waals surface area contributed by atoms with Crippen LogP contribution in [0.3, 0.4) is 0 Å². The van der Waals surface area contributed by atoms with Crippen LogP contribution >= 0.6 is 19.3 Å². The van der Waals surface area contributed by atoms with Crippen LogP contribution in [0.25, 0.3) is 0 Å². The number of rotatable bonds is 21. The average Bonchev–Trinajstić information content (AvgIpc) is 3.31. The lowest BCUT2D eigenvalue weighted by Crippen LogP contribution is -2.26. The van der Waals surface area contributed by atoms with Gasteiger partial charge in [-0.15, -0.1) is 11.6 Å². The van der Waals surface area contributed by atoms with Crippen LogP contribution < -0.4 is 0 Å². The van der Waals surface area contributed by atoms with E-state index in [0.717, 1.165) is 31.3 Å². The van der Waals surface area contributed by atoms with Gasteiger partial charge in [0.1, 0.15) is 17.3 Å². The second-order valence-corrected chi connectivity index (χ2v) is 11.4. The first-order valence-electron chi connectivity index (χ1n) is 12.5. The molecule has 1 unspecified atom stereocenters. The standard InChI is InChI=1S/C25H40ClN2O8P/c1-21(2)10-9-11-22(3)15-19-34-37(33,35-20-23-13-14-24(36-23)28(31)32)27(17-7-4-6-16-26)18-8-5-12-25(29)30/h10,13-15H,4-9,11-12,16-20H2,1-3H3,(H,29,30)/b22-15+. The van der Waals surface area contributed by atoms with Crippen molar-refractivity contribution in [1.29, 1.82) is 0 Å². The quantitative estimate of drug-likeness (QED) is 0.0404. The second kappa shape index (κ2) is 18.3. The summed E-state index contributed by atoms with van der Waals surface area (Å²) in [5, 5.41) is 19.9. The number of nitro groups is 1. The highest BCUT2D eigenvalue weighted by atomic mass is 35.5. The van der Waals surface area contributed by atoms with Crippen molar-refractivity contribution < 1.29 is 32.9 Å². The van der Waals surface area contributed by atoms with E-state index < -0.39 is 24.5 Å². The van der Waals surface area contributed by atoms with Gasteiger partial charge in [0, 0.05) is 25.4 Å². The van der Waals surface area contributed by atoms with Gasteiger partial charge < -0.3 is 9.52 Å². The van der Waals surface area contributed by atoms with Gasteiger partial charge in [0.15, 0.2) is 0 Å². The summed E-state index contributed by atoms with van der Waals surface area (Å²) in [5.74, 6) is -0.650. The highest BCUT2D eigenvalue weighted by Gasteiger charge is 2.33. The van der Waals surface area contributed by atoms with Crippen LogP contribution in [0.5, 0.6) is 0 Å². The Hall–Kier alpha value is -1.97. The molecule has 0 saturated carbocycles. The lowest BCUT2D eigenvalue weighted by Gasteiger charge is -2.30. The van der Waals surface area contributed by atoms with E-state index in [1.807, 2.05) is 26.8 Å². The van der Waals surface area contributed by atoms with Crippen molar-refractivity contribution >= 4 is 31.2 Å². The fourth-order valence-corrected chi connectivity index (χ4v) is 5.26. The molecule has 1 heterocycles. The van der Waals surface area contributed by atoms with E-state index in [1.54, 1.807) is 4.67 Å². The minimum atomic E-state index is -3.85. The van der Waals surface area contributed by atoms with Gasteiger partial charge in [0.05, 0.1) is 12.7 Å². The molecule has 1 aromatic rings. The number of carbonyl (C=O) groups is 1. The third kappa shape index (κ3) is 14.5. The largest absolute Gasteiger partial charge is 0.481 e. The molecule has 0 aliphatic rings. The summed E-state index contributed by atoms with van der Waals surface area (Å²) in [6.45, 7) is 6.57. The van der Waals surface area contributed by atoms with Crippen molar-refractivity contribution in [3.05, 3.63) is 51.3 Å². The molecule has 1 atom stereocenters. The SMILES string of the molecule is CC(C)=CCC/C(C)=C/COP(=O)(OCc1ccc([N+](=O)[O-])o1)N(CCCCCCl)CCCCC(=O)O. The van der Waals surface area contributed by atoms with Crippen LogP contribution in [-0.4, -0.2) is 46.2 Å². The number of nitrogens with zero attached hydrogens (tertiary/aromatic N) is 2. The van der Waals surface area contributed by atoms with E-state index in [4.69, 9.17) is 30.2 Å². The fraction of sp³-hybridized carbons (Fsp3) is 0.640. The molecule has 1 aromatic heterocycles. The zero-order valence-electron chi connectivity index (χ0n) is 22.0. The minimum Gasteiger partial charge on any atom is -0.481 e. The molecular formula is C25H40ClN2O8P. The zero-order valence-corrected chi connectivity index (χ0v) is 23.7. The maximum atomic E-state index is 14.0. The number of carboxylic acid groups (broad SMARTS) is 1. The summed E-state index contributed by atoms with van der Waals surface area (Å²) in [6.07, 6.45) is 9.00. The van der Waals surface area contributed by atoms with Crippen molar-refractivity contribution in [2.75, 3.05) is 25.6 Å². The molecule has 12 heteroatoms. The third-order valence-electron chi connectivity index (χ3n) is 5.41. The zero-order chi connectivity index (χ0) is 27.7. The van der Waals surface area contributed by atoms with Crippen molar-refractivity contribution in [3.8, 4) is 0 Å². The Morgan fingerprint density at radius 2 is 1.81 bits per heavy atom. The van der Waals surface area contributed by atoms with Crippen LogP contribution in [0.15, 0.2) is 39.8 Å². The Kier molecular flexibility index (Phi) is 16.4. The van der Waals surface area contributed by atoms with Gasteiger partial charge in [-0.25, -0.2) is 9.24 Å². The normalized spacial score (nSPS) is 13.5. The molecule has 1 rings (SSSR count).